The minimum absolute atomic E-state index is 0.444. The number of nitrogens with zero attached hydrogens (tertiary/aromatic N) is 1. The van der Waals surface area contributed by atoms with Crippen molar-refractivity contribution in [2.45, 2.75) is 52.1 Å². The number of rotatable bonds is 11. The first-order valence-corrected chi connectivity index (χ1v) is 7.17. The molecule has 1 atom stereocenters. The molecule has 0 aliphatic heterocycles. The minimum Gasteiger partial charge on any atom is -0.377 e. The molecule has 1 aromatic heterocycles. The van der Waals surface area contributed by atoms with Crippen molar-refractivity contribution in [3.63, 3.8) is 0 Å². The second-order valence-corrected chi connectivity index (χ2v) is 4.58. The molecule has 0 saturated carbocycles. The number of aromatic nitrogens is 2. The lowest BCUT2D eigenvalue weighted by molar-refractivity contribution is 0.0464. The lowest BCUT2D eigenvalue weighted by Gasteiger charge is -2.15. The molecule has 0 aliphatic carbocycles. The highest BCUT2D eigenvalue weighted by Crippen LogP contribution is 2.05. The molecule has 1 heterocycles. The molecule has 0 radical (unpaired) electrons. The summed E-state index contributed by atoms with van der Waals surface area (Å²) in [4.78, 5) is 7.31. The number of aromatic amines is 1. The summed E-state index contributed by atoms with van der Waals surface area (Å²) in [5, 5.41) is 3.40. The Balaban J connectivity index is 1.89. The third-order valence-electron chi connectivity index (χ3n) is 3.02. The van der Waals surface area contributed by atoms with E-state index in [9.17, 15) is 0 Å². The first-order chi connectivity index (χ1) is 8.86. The summed E-state index contributed by atoms with van der Waals surface area (Å²) in [5.41, 5.74) is 0. The SMILES string of the molecule is CCCC(CC)OCCNCCCc1ncc[nH]1. The topological polar surface area (TPSA) is 49.9 Å². The first kappa shape index (κ1) is 15.2. The molecule has 4 nitrogen and oxygen atoms in total. The summed E-state index contributed by atoms with van der Waals surface area (Å²) in [6.45, 7) is 7.18. The number of imidazole rings is 1. The fourth-order valence-electron chi connectivity index (χ4n) is 1.97. The predicted molar refractivity (Wildman–Crippen MR) is 74.7 cm³/mol. The molecule has 0 bridgehead atoms. The fraction of sp³-hybridized carbons (Fsp3) is 0.786. The minimum atomic E-state index is 0.444. The van der Waals surface area contributed by atoms with Crippen LogP contribution in [0.5, 0.6) is 0 Å². The van der Waals surface area contributed by atoms with Crippen molar-refractivity contribution in [3.8, 4) is 0 Å². The highest BCUT2D eigenvalue weighted by atomic mass is 16.5. The second kappa shape index (κ2) is 10.1. The van der Waals surface area contributed by atoms with E-state index in [0.717, 1.165) is 44.8 Å². The largest absolute Gasteiger partial charge is 0.377 e. The zero-order valence-electron chi connectivity index (χ0n) is 11.7. The number of aryl methyl sites for hydroxylation is 1. The standard InChI is InChI=1S/C14H27N3O/c1-3-6-13(4-2)18-12-11-15-8-5-7-14-16-9-10-17-14/h9-10,13,15H,3-8,11-12H2,1-2H3,(H,16,17). The third kappa shape index (κ3) is 6.77. The second-order valence-electron chi connectivity index (χ2n) is 4.58. The molecule has 1 unspecified atom stereocenters. The van der Waals surface area contributed by atoms with Gasteiger partial charge in [-0.1, -0.05) is 20.3 Å². The van der Waals surface area contributed by atoms with Crippen molar-refractivity contribution >= 4 is 0 Å². The average Bonchev–Trinajstić information content (AvgIpc) is 2.89. The third-order valence-corrected chi connectivity index (χ3v) is 3.02. The maximum Gasteiger partial charge on any atom is 0.106 e. The number of H-pyrrole nitrogens is 1. The zero-order valence-corrected chi connectivity index (χ0v) is 11.7. The van der Waals surface area contributed by atoms with E-state index in [2.05, 4.69) is 29.1 Å². The molecule has 18 heavy (non-hydrogen) atoms. The van der Waals surface area contributed by atoms with Crippen LogP contribution in [0.4, 0.5) is 0 Å². The molecule has 1 aromatic rings. The quantitative estimate of drug-likeness (QED) is 0.596. The summed E-state index contributed by atoms with van der Waals surface area (Å²) in [5.74, 6) is 1.07. The van der Waals surface area contributed by atoms with Crippen LogP contribution in [0.3, 0.4) is 0 Å². The van der Waals surface area contributed by atoms with Gasteiger partial charge in [0.2, 0.25) is 0 Å². The smallest absolute Gasteiger partial charge is 0.106 e. The Labute approximate surface area is 111 Å². The molecule has 2 N–H and O–H groups in total. The van der Waals surface area contributed by atoms with E-state index in [4.69, 9.17) is 4.74 Å². The number of nitrogens with one attached hydrogen (secondary N) is 2. The average molecular weight is 253 g/mol. The van der Waals surface area contributed by atoms with Crippen LogP contribution in [0.1, 0.15) is 45.4 Å². The van der Waals surface area contributed by atoms with Crippen molar-refractivity contribution in [2.24, 2.45) is 0 Å². The van der Waals surface area contributed by atoms with Gasteiger partial charge >= 0.3 is 0 Å². The highest BCUT2D eigenvalue weighted by molar-refractivity contribution is 4.86. The van der Waals surface area contributed by atoms with E-state index < -0.39 is 0 Å². The molecule has 0 saturated heterocycles. The van der Waals surface area contributed by atoms with Crippen molar-refractivity contribution in [2.75, 3.05) is 19.7 Å². The molecular formula is C14H27N3O. The van der Waals surface area contributed by atoms with Gasteiger partial charge in [-0.3, -0.25) is 0 Å². The summed E-state index contributed by atoms with van der Waals surface area (Å²) in [7, 11) is 0. The van der Waals surface area contributed by atoms with Crippen molar-refractivity contribution in [1.82, 2.24) is 15.3 Å². The summed E-state index contributed by atoms with van der Waals surface area (Å²) in [6, 6.07) is 0. The summed E-state index contributed by atoms with van der Waals surface area (Å²) >= 11 is 0. The normalized spacial score (nSPS) is 12.8. The van der Waals surface area contributed by atoms with Gasteiger partial charge in [0.1, 0.15) is 5.82 Å². The van der Waals surface area contributed by atoms with E-state index >= 15 is 0 Å². The van der Waals surface area contributed by atoms with Crippen molar-refractivity contribution < 1.29 is 4.74 Å². The number of hydrogen-bond donors (Lipinski definition) is 2. The van der Waals surface area contributed by atoms with Crippen LogP contribution in [0.15, 0.2) is 12.4 Å². The van der Waals surface area contributed by atoms with E-state index in [1.807, 2.05) is 6.20 Å². The Kier molecular flexibility index (Phi) is 8.51. The molecule has 0 aromatic carbocycles. The van der Waals surface area contributed by atoms with Crippen molar-refractivity contribution in [3.05, 3.63) is 18.2 Å². The molecular weight excluding hydrogens is 226 g/mol. The maximum absolute atomic E-state index is 5.80. The predicted octanol–water partition coefficient (Wildman–Crippen LogP) is 2.53. The lowest BCUT2D eigenvalue weighted by atomic mass is 10.2. The molecule has 0 amide bonds. The van der Waals surface area contributed by atoms with E-state index in [-0.39, 0.29) is 0 Å². The van der Waals surface area contributed by atoms with Gasteiger partial charge in [-0.2, -0.15) is 0 Å². The molecule has 0 spiro atoms. The van der Waals surface area contributed by atoms with Crippen LogP contribution < -0.4 is 5.32 Å². The van der Waals surface area contributed by atoms with Crippen LogP contribution in [0, 0.1) is 0 Å². The number of hydrogen-bond acceptors (Lipinski definition) is 3. The zero-order chi connectivity index (χ0) is 13.1. The molecule has 4 heteroatoms. The Hall–Kier alpha value is -0.870. The van der Waals surface area contributed by atoms with Gasteiger partial charge in [0.25, 0.3) is 0 Å². The molecule has 1 rings (SSSR count). The maximum atomic E-state index is 5.80. The van der Waals surface area contributed by atoms with Crippen LogP contribution in [0.25, 0.3) is 0 Å². The Morgan fingerprint density at radius 1 is 1.39 bits per heavy atom. The molecule has 104 valence electrons. The van der Waals surface area contributed by atoms with E-state index in [0.29, 0.717) is 6.10 Å². The fourth-order valence-corrected chi connectivity index (χ4v) is 1.97. The van der Waals surface area contributed by atoms with Gasteiger partial charge < -0.3 is 15.0 Å². The summed E-state index contributed by atoms with van der Waals surface area (Å²) < 4.78 is 5.80. The van der Waals surface area contributed by atoms with Gasteiger partial charge in [-0.25, -0.2) is 4.98 Å². The van der Waals surface area contributed by atoms with E-state index in [1.165, 1.54) is 12.8 Å². The van der Waals surface area contributed by atoms with Gasteiger partial charge in [-0.15, -0.1) is 0 Å². The van der Waals surface area contributed by atoms with Gasteiger partial charge in [0.05, 0.1) is 12.7 Å². The van der Waals surface area contributed by atoms with Crippen LogP contribution in [0.2, 0.25) is 0 Å². The van der Waals surface area contributed by atoms with Gasteiger partial charge in [-0.05, 0) is 25.8 Å². The highest BCUT2D eigenvalue weighted by Gasteiger charge is 2.03. The van der Waals surface area contributed by atoms with Crippen molar-refractivity contribution in [1.29, 1.82) is 0 Å². The molecule has 0 aliphatic rings. The Bertz CT molecular complexity index is 275. The molecule has 0 fully saturated rings. The van der Waals surface area contributed by atoms with Crippen LogP contribution >= 0.6 is 0 Å². The number of ether oxygens (including phenoxy) is 1. The lowest BCUT2D eigenvalue weighted by Crippen LogP contribution is -2.24. The van der Waals surface area contributed by atoms with Gasteiger partial charge in [0, 0.05) is 25.4 Å². The van der Waals surface area contributed by atoms with E-state index in [1.54, 1.807) is 6.20 Å². The Morgan fingerprint density at radius 3 is 2.94 bits per heavy atom. The van der Waals surface area contributed by atoms with Gasteiger partial charge in [0.15, 0.2) is 0 Å². The first-order valence-electron chi connectivity index (χ1n) is 7.17. The Morgan fingerprint density at radius 2 is 2.28 bits per heavy atom. The van der Waals surface area contributed by atoms with Crippen LogP contribution in [-0.2, 0) is 11.2 Å². The monoisotopic (exact) mass is 253 g/mol. The van der Waals surface area contributed by atoms with Crippen LogP contribution in [-0.4, -0.2) is 35.8 Å². The summed E-state index contributed by atoms with van der Waals surface area (Å²) in [6.07, 6.45) is 9.73.